The molecule has 0 unspecified atom stereocenters. The number of ether oxygens (including phenoxy) is 1. The summed E-state index contributed by atoms with van der Waals surface area (Å²) in [5.74, 6) is 0.0357. The smallest absolute Gasteiger partial charge is 0.410 e. The van der Waals surface area contributed by atoms with Crippen molar-refractivity contribution in [1.82, 2.24) is 19.5 Å². The molecule has 5 rings (SSSR count). The summed E-state index contributed by atoms with van der Waals surface area (Å²) in [4.78, 5) is 42.7. The van der Waals surface area contributed by atoms with Crippen LogP contribution in [0.3, 0.4) is 0 Å². The zero-order valence-electron chi connectivity index (χ0n) is 22.0. The van der Waals surface area contributed by atoms with Crippen molar-refractivity contribution in [3.63, 3.8) is 0 Å². The van der Waals surface area contributed by atoms with Gasteiger partial charge in [0.15, 0.2) is 0 Å². The first-order valence-electron chi connectivity index (χ1n) is 12.8. The first-order valence-corrected chi connectivity index (χ1v) is 12.8. The lowest BCUT2D eigenvalue weighted by Gasteiger charge is -2.33. The van der Waals surface area contributed by atoms with Gasteiger partial charge >= 0.3 is 12.1 Å². The fourth-order valence-electron chi connectivity index (χ4n) is 4.85. The van der Waals surface area contributed by atoms with Crippen LogP contribution in [0, 0.1) is 6.92 Å². The summed E-state index contributed by atoms with van der Waals surface area (Å²) in [6.45, 7) is 8.53. The van der Waals surface area contributed by atoms with Gasteiger partial charge in [-0.3, -0.25) is 4.79 Å². The van der Waals surface area contributed by atoms with Crippen LogP contribution < -0.4 is 16.2 Å². The Morgan fingerprint density at radius 2 is 1.71 bits per heavy atom. The number of aromatic amines is 1. The number of hydrogen-bond acceptors (Lipinski definition) is 5. The number of anilines is 2. The Labute approximate surface area is 220 Å². The molecule has 2 aromatic carbocycles. The quantitative estimate of drug-likeness (QED) is 0.344. The van der Waals surface area contributed by atoms with E-state index < -0.39 is 5.60 Å². The van der Waals surface area contributed by atoms with E-state index in [1.54, 1.807) is 21.5 Å². The standard InChI is InChI=1S/C28H32N6O4/c1-17-8-5-6-9-19(17)29-26(36)30-20-10-7-11-21-24(20)25-31-23(35)16-22(34(25)32-21)18-12-14-33(15-13-18)27(37)38-28(2,3)4/h5-11,16,18H,12-15H2,1-4H3,(H,31,35)(H2,29,30,36). The molecule has 3 N–H and O–H groups in total. The topological polar surface area (TPSA) is 121 Å². The average molecular weight is 517 g/mol. The van der Waals surface area contributed by atoms with Crippen molar-refractivity contribution in [3.05, 3.63) is 70.1 Å². The van der Waals surface area contributed by atoms with E-state index in [4.69, 9.17) is 9.84 Å². The maximum Gasteiger partial charge on any atom is 0.410 e. The summed E-state index contributed by atoms with van der Waals surface area (Å²) < 4.78 is 7.27. The number of nitrogens with one attached hydrogen (secondary N) is 3. The number of piperidine rings is 1. The summed E-state index contributed by atoms with van der Waals surface area (Å²) in [5.41, 5.74) is 3.34. The van der Waals surface area contributed by atoms with Gasteiger partial charge in [0.05, 0.1) is 22.3 Å². The van der Waals surface area contributed by atoms with Gasteiger partial charge in [-0.05, 0) is 64.3 Å². The maximum atomic E-state index is 12.8. The molecule has 10 nitrogen and oxygen atoms in total. The molecule has 4 aromatic rings. The molecule has 0 spiro atoms. The van der Waals surface area contributed by atoms with Crippen molar-refractivity contribution in [1.29, 1.82) is 0 Å². The second-order valence-corrected chi connectivity index (χ2v) is 10.7. The van der Waals surface area contributed by atoms with Gasteiger partial charge < -0.3 is 25.3 Å². The molecule has 0 aliphatic carbocycles. The fourth-order valence-corrected chi connectivity index (χ4v) is 4.85. The lowest BCUT2D eigenvalue weighted by molar-refractivity contribution is 0.0203. The number of amides is 3. The Bertz CT molecular complexity index is 1570. The summed E-state index contributed by atoms with van der Waals surface area (Å²) in [7, 11) is 0. The minimum atomic E-state index is -0.551. The average Bonchev–Trinajstić information content (AvgIpc) is 3.23. The highest BCUT2D eigenvalue weighted by atomic mass is 16.6. The molecule has 38 heavy (non-hydrogen) atoms. The second kappa shape index (κ2) is 9.85. The van der Waals surface area contributed by atoms with Crippen LogP contribution in [0.5, 0.6) is 0 Å². The van der Waals surface area contributed by atoms with E-state index in [0.29, 0.717) is 53.9 Å². The van der Waals surface area contributed by atoms with E-state index in [2.05, 4.69) is 15.6 Å². The van der Waals surface area contributed by atoms with Gasteiger partial charge in [-0.15, -0.1) is 0 Å². The van der Waals surface area contributed by atoms with Gasteiger partial charge in [0.2, 0.25) is 0 Å². The molecule has 1 fully saturated rings. The molecule has 0 bridgehead atoms. The van der Waals surface area contributed by atoms with Crippen LogP contribution >= 0.6 is 0 Å². The number of urea groups is 1. The van der Waals surface area contributed by atoms with Gasteiger partial charge in [0.1, 0.15) is 11.2 Å². The van der Waals surface area contributed by atoms with Crippen molar-refractivity contribution in [3.8, 4) is 0 Å². The minimum Gasteiger partial charge on any atom is -0.444 e. The first-order chi connectivity index (χ1) is 18.1. The number of aromatic nitrogens is 3. The van der Waals surface area contributed by atoms with E-state index in [9.17, 15) is 14.4 Å². The van der Waals surface area contributed by atoms with Crippen molar-refractivity contribution in [2.75, 3.05) is 23.7 Å². The molecule has 0 atom stereocenters. The van der Waals surface area contributed by atoms with E-state index in [1.807, 2.05) is 64.1 Å². The molecule has 0 saturated carbocycles. The number of para-hydroxylation sites is 1. The van der Waals surface area contributed by atoms with Crippen LogP contribution in [0.1, 0.15) is 50.8 Å². The monoisotopic (exact) mass is 516 g/mol. The SMILES string of the molecule is Cc1ccccc1NC(=O)Nc1cccc2nn3c(C4CCN(C(=O)OC(C)(C)C)CC4)cc(=O)[nH]c3c12. The van der Waals surface area contributed by atoms with Crippen LogP contribution in [0.25, 0.3) is 16.6 Å². The minimum absolute atomic E-state index is 0.0357. The summed E-state index contributed by atoms with van der Waals surface area (Å²) in [6, 6.07) is 14.2. The third kappa shape index (κ3) is 5.20. The van der Waals surface area contributed by atoms with Gasteiger partial charge in [0.25, 0.3) is 5.56 Å². The Morgan fingerprint density at radius 1 is 1.03 bits per heavy atom. The molecule has 3 heterocycles. The number of rotatable bonds is 3. The van der Waals surface area contributed by atoms with Crippen LogP contribution in [0.15, 0.2) is 53.3 Å². The van der Waals surface area contributed by atoms with Gasteiger partial charge in [0, 0.05) is 30.8 Å². The molecular formula is C28H32N6O4. The largest absolute Gasteiger partial charge is 0.444 e. The first kappa shape index (κ1) is 25.3. The molecule has 1 aliphatic heterocycles. The number of benzene rings is 2. The highest BCUT2D eigenvalue weighted by Gasteiger charge is 2.29. The molecule has 3 amide bonds. The van der Waals surface area contributed by atoms with Gasteiger partial charge in [-0.2, -0.15) is 5.10 Å². The number of carbonyl (C=O) groups is 2. The zero-order chi connectivity index (χ0) is 27.0. The normalized spacial score (nSPS) is 14.6. The number of fused-ring (bicyclic) bond motifs is 3. The number of nitrogens with zero attached hydrogens (tertiary/aromatic N) is 3. The third-order valence-corrected chi connectivity index (χ3v) is 6.67. The number of aryl methyl sites for hydroxylation is 1. The number of likely N-dealkylation sites (tertiary alicyclic amines) is 1. The maximum absolute atomic E-state index is 12.8. The highest BCUT2D eigenvalue weighted by Crippen LogP contribution is 2.32. The lowest BCUT2D eigenvalue weighted by Crippen LogP contribution is -2.41. The van der Waals surface area contributed by atoms with E-state index in [1.165, 1.54) is 0 Å². The second-order valence-electron chi connectivity index (χ2n) is 10.7. The van der Waals surface area contributed by atoms with E-state index in [-0.39, 0.29) is 23.6 Å². The predicted molar refractivity (Wildman–Crippen MR) is 147 cm³/mol. The zero-order valence-corrected chi connectivity index (χ0v) is 22.0. The fraction of sp³-hybridized carbons (Fsp3) is 0.357. The summed E-state index contributed by atoms with van der Waals surface area (Å²) in [6.07, 6.45) is 1.03. The molecule has 1 saturated heterocycles. The van der Waals surface area contributed by atoms with Gasteiger partial charge in [-0.1, -0.05) is 24.3 Å². The number of carbonyl (C=O) groups excluding carboxylic acids is 2. The highest BCUT2D eigenvalue weighted by molar-refractivity contribution is 6.10. The molecule has 2 aromatic heterocycles. The molecule has 198 valence electrons. The van der Waals surface area contributed by atoms with Crippen LogP contribution in [0.2, 0.25) is 0 Å². The van der Waals surface area contributed by atoms with Gasteiger partial charge in [-0.25, -0.2) is 14.1 Å². The summed E-state index contributed by atoms with van der Waals surface area (Å²) >= 11 is 0. The Kier molecular flexibility index (Phi) is 6.56. The predicted octanol–water partition coefficient (Wildman–Crippen LogP) is 5.24. The van der Waals surface area contributed by atoms with Crippen molar-refractivity contribution in [2.45, 2.75) is 52.1 Å². The summed E-state index contributed by atoms with van der Waals surface area (Å²) in [5, 5.41) is 11.2. The lowest BCUT2D eigenvalue weighted by atomic mass is 9.93. The molecule has 1 aliphatic rings. The Balaban J connectivity index is 1.42. The molecular weight excluding hydrogens is 484 g/mol. The van der Waals surface area contributed by atoms with Crippen LogP contribution in [0.4, 0.5) is 21.0 Å². The number of hydrogen-bond donors (Lipinski definition) is 3. The van der Waals surface area contributed by atoms with Crippen LogP contribution in [-0.2, 0) is 4.74 Å². The Hall–Kier alpha value is -4.34. The van der Waals surface area contributed by atoms with Crippen molar-refractivity contribution >= 4 is 40.0 Å². The van der Waals surface area contributed by atoms with Crippen molar-refractivity contribution < 1.29 is 14.3 Å². The molecule has 10 heteroatoms. The van der Waals surface area contributed by atoms with Crippen LogP contribution in [-0.4, -0.2) is 50.3 Å². The van der Waals surface area contributed by atoms with Crippen molar-refractivity contribution in [2.24, 2.45) is 0 Å². The number of H-pyrrole nitrogens is 1. The van der Waals surface area contributed by atoms with E-state index >= 15 is 0 Å². The van der Waals surface area contributed by atoms with E-state index in [0.717, 1.165) is 11.3 Å². The Morgan fingerprint density at radius 3 is 2.42 bits per heavy atom. The molecule has 0 radical (unpaired) electrons. The third-order valence-electron chi connectivity index (χ3n) is 6.67.